The van der Waals surface area contributed by atoms with Crippen LogP contribution in [0, 0.1) is 0 Å². The molecule has 0 unspecified atom stereocenters. The summed E-state index contributed by atoms with van der Waals surface area (Å²) in [6, 6.07) is 8.15. The Labute approximate surface area is 125 Å². The lowest BCUT2D eigenvalue weighted by atomic mass is 10.2. The van der Waals surface area contributed by atoms with Crippen molar-refractivity contribution in [3.8, 4) is 0 Å². The zero-order valence-electron chi connectivity index (χ0n) is 11.0. The Kier molecular flexibility index (Phi) is 3.63. The molecule has 0 N–H and O–H groups in total. The molecule has 0 fully saturated rings. The molecular weight excluding hydrogens is 292 g/mol. The maximum absolute atomic E-state index is 5.77. The Hall–Kier alpha value is -1.59. The summed E-state index contributed by atoms with van der Waals surface area (Å²) in [5.74, 6) is 0.584. The summed E-state index contributed by atoms with van der Waals surface area (Å²) in [6.45, 7) is 6.61. The molecule has 20 heavy (non-hydrogen) atoms. The molecule has 4 nitrogen and oxygen atoms in total. The molecule has 1 aromatic carbocycles. The average Bonchev–Trinajstić information content (AvgIpc) is 2.78. The van der Waals surface area contributed by atoms with E-state index in [2.05, 4.69) is 39.3 Å². The van der Waals surface area contributed by atoms with Crippen LogP contribution < -0.4 is 0 Å². The first-order chi connectivity index (χ1) is 9.70. The minimum absolute atomic E-state index is 0.578. The zero-order valence-corrected chi connectivity index (χ0v) is 12.6. The van der Waals surface area contributed by atoms with Gasteiger partial charge in [-0.3, -0.25) is 0 Å². The van der Waals surface area contributed by atoms with Gasteiger partial charge in [-0.2, -0.15) is 0 Å². The highest BCUT2D eigenvalue weighted by Crippen LogP contribution is 2.27. The number of fused-ring (bicyclic) bond motifs is 3. The van der Waals surface area contributed by atoms with Gasteiger partial charge in [-0.05, 0) is 13.0 Å². The third-order valence-electron chi connectivity index (χ3n) is 3.03. The van der Waals surface area contributed by atoms with Gasteiger partial charge in [-0.15, -0.1) is 10.2 Å². The van der Waals surface area contributed by atoms with E-state index in [9.17, 15) is 0 Å². The van der Waals surface area contributed by atoms with E-state index in [4.69, 9.17) is 11.6 Å². The number of nitrogens with zero attached hydrogens (tertiary/aromatic N) is 4. The molecule has 0 saturated heterocycles. The molecule has 2 heterocycles. The lowest BCUT2D eigenvalue weighted by Gasteiger charge is -2.02. The van der Waals surface area contributed by atoms with E-state index < -0.39 is 0 Å². The third-order valence-corrected chi connectivity index (χ3v) is 4.24. The minimum atomic E-state index is 0.578. The van der Waals surface area contributed by atoms with Crippen LogP contribution in [0.3, 0.4) is 0 Å². The second kappa shape index (κ2) is 5.42. The van der Waals surface area contributed by atoms with E-state index >= 15 is 0 Å². The van der Waals surface area contributed by atoms with Gasteiger partial charge in [0.25, 0.3) is 0 Å². The van der Waals surface area contributed by atoms with E-state index in [1.54, 1.807) is 0 Å². The largest absolute Gasteiger partial charge is 0.324 e. The molecule has 3 rings (SSSR count). The van der Waals surface area contributed by atoms with Crippen LogP contribution in [0.4, 0.5) is 0 Å². The number of aromatic nitrogens is 4. The van der Waals surface area contributed by atoms with Gasteiger partial charge >= 0.3 is 0 Å². The van der Waals surface area contributed by atoms with Crippen molar-refractivity contribution in [3.63, 3.8) is 0 Å². The SMILES string of the molecule is C=C(Cl)CSc1nnc2c3ccccc3n(CC)c2n1. The molecule has 102 valence electrons. The van der Waals surface area contributed by atoms with Gasteiger partial charge in [0.15, 0.2) is 5.65 Å². The fraction of sp³-hybridized carbons (Fsp3) is 0.214. The highest BCUT2D eigenvalue weighted by Gasteiger charge is 2.13. The number of para-hydroxylation sites is 1. The molecule has 0 spiro atoms. The quantitative estimate of drug-likeness (QED) is 0.687. The van der Waals surface area contributed by atoms with Gasteiger partial charge in [0.2, 0.25) is 5.16 Å². The number of aryl methyl sites for hydroxylation is 1. The predicted molar refractivity (Wildman–Crippen MR) is 84.2 cm³/mol. The number of thioether (sulfide) groups is 1. The smallest absolute Gasteiger partial charge is 0.211 e. The molecule has 0 aliphatic heterocycles. The molecule has 0 amide bonds. The summed E-state index contributed by atoms with van der Waals surface area (Å²) < 4.78 is 2.15. The van der Waals surface area contributed by atoms with Crippen molar-refractivity contribution in [3.05, 3.63) is 35.9 Å². The molecule has 6 heteroatoms. The first kappa shape index (κ1) is 13.4. The number of hydrogen-bond acceptors (Lipinski definition) is 4. The van der Waals surface area contributed by atoms with Crippen LogP contribution in [-0.4, -0.2) is 25.5 Å². The van der Waals surface area contributed by atoms with Crippen molar-refractivity contribution in [2.75, 3.05) is 5.75 Å². The summed E-state index contributed by atoms with van der Waals surface area (Å²) in [5.41, 5.74) is 2.85. The number of hydrogen-bond donors (Lipinski definition) is 0. The van der Waals surface area contributed by atoms with Crippen LogP contribution in [0.15, 0.2) is 41.0 Å². The normalized spacial score (nSPS) is 11.3. The van der Waals surface area contributed by atoms with Crippen molar-refractivity contribution >= 4 is 45.4 Å². The first-order valence-electron chi connectivity index (χ1n) is 6.28. The molecule has 0 atom stereocenters. The molecule has 0 radical (unpaired) electrons. The molecule has 2 aromatic heterocycles. The highest BCUT2D eigenvalue weighted by molar-refractivity contribution is 7.99. The monoisotopic (exact) mass is 304 g/mol. The van der Waals surface area contributed by atoms with Gasteiger partial charge in [-0.25, -0.2) is 4.98 Å². The van der Waals surface area contributed by atoms with Gasteiger partial charge in [0, 0.05) is 22.7 Å². The Morgan fingerprint density at radius 3 is 2.90 bits per heavy atom. The maximum atomic E-state index is 5.77. The van der Waals surface area contributed by atoms with Crippen LogP contribution in [0.1, 0.15) is 6.92 Å². The Morgan fingerprint density at radius 2 is 2.15 bits per heavy atom. The van der Waals surface area contributed by atoms with Crippen LogP contribution in [0.5, 0.6) is 0 Å². The fourth-order valence-electron chi connectivity index (χ4n) is 2.21. The molecular formula is C14H13ClN4S. The standard InChI is InChI=1S/C14H13ClN4S/c1-3-19-11-7-5-4-6-10(11)12-13(19)16-14(18-17-12)20-8-9(2)15/h4-7H,2-3,8H2,1H3. The maximum Gasteiger partial charge on any atom is 0.211 e. The summed E-state index contributed by atoms with van der Waals surface area (Å²) in [5, 5.41) is 10.8. The molecule has 0 aliphatic carbocycles. The van der Waals surface area contributed by atoms with E-state index in [1.165, 1.54) is 11.8 Å². The number of halogens is 1. The molecule has 3 aromatic rings. The minimum Gasteiger partial charge on any atom is -0.324 e. The average molecular weight is 305 g/mol. The Bertz CT molecular complexity index is 796. The van der Waals surface area contributed by atoms with E-state index in [1.807, 2.05) is 18.2 Å². The van der Waals surface area contributed by atoms with Gasteiger partial charge < -0.3 is 4.57 Å². The number of benzene rings is 1. The van der Waals surface area contributed by atoms with E-state index in [0.717, 1.165) is 28.6 Å². The Morgan fingerprint density at radius 1 is 1.35 bits per heavy atom. The van der Waals surface area contributed by atoms with Crippen LogP contribution in [-0.2, 0) is 6.54 Å². The lowest BCUT2D eigenvalue weighted by Crippen LogP contribution is -1.98. The van der Waals surface area contributed by atoms with E-state index in [-0.39, 0.29) is 0 Å². The molecule has 0 bridgehead atoms. The van der Waals surface area contributed by atoms with Crippen molar-refractivity contribution < 1.29 is 0 Å². The lowest BCUT2D eigenvalue weighted by molar-refractivity contribution is 0.789. The van der Waals surface area contributed by atoms with Crippen LogP contribution in [0.25, 0.3) is 22.1 Å². The van der Waals surface area contributed by atoms with Crippen molar-refractivity contribution in [2.45, 2.75) is 18.6 Å². The summed E-state index contributed by atoms with van der Waals surface area (Å²) in [7, 11) is 0. The Balaban J connectivity index is 2.17. The van der Waals surface area contributed by atoms with Gasteiger partial charge in [0.05, 0.1) is 5.52 Å². The third kappa shape index (κ3) is 2.27. The van der Waals surface area contributed by atoms with Crippen molar-refractivity contribution in [1.29, 1.82) is 0 Å². The van der Waals surface area contributed by atoms with Crippen molar-refractivity contribution in [2.24, 2.45) is 0 Å². The first-order valence-corrected chi connectivity index (χ1v) is 7.64. The molecule has 0 saturated carbocycles. The summed E-state index contributed by atoms with van der Waals surface area (Å²) >= 11 is 7.22. The molecule has 0 aliphatic rings. The second-order valence-corrected chi connectivity index (χ2v) is 5.81. The summed E-state index contributed by atoms with van der Waals surface area (Å²) in [6.07, 6.45) is 0. The van der Waals surface area contributed by atoms with Crippen LogP contribution in [0.2, 0.25) is 0 Å². The summed E-state index contributed by atoms with van der Waals surface area (Å²) in [4.78, 5) is 4.61. The highest BCUT2D eigenvalue weighted by atomic mass is 35.5. The van der Waals surface area contributed by atoms with E-state index in [0.29, 0.717) is 15.9 Å². The van der Waals surface area contributed by atoms with Gasteiger partial charge in [-0.1, -0.05) is 48.1 Å². The number of rotatable bonds is 4. The second-order valence-electron chi connectivity index (χ2n) is 4.33. The predicted octanol–water partition coefficient (Wildman–Crippen LogP) is 3.84. The fourth-order valence-corrected chi connectivity index (χ4v) is 2.91. The van der Waals surface area contributed by atoms with Crippen LogP contribution >= 0.6 is 23.4 Å². The zero-order chi connectivity index (χ0) is 14.1. The van der Waals surface area contributed by atoms with Gasteiger partial charge in [0.1, 0.15) is 5.52 Å². The topological polar surface area (TPSA) is 43.6 Å². The van der Waals surface area contributed by atoms with Crippen molar-refractivity contribution in [1.82, 2.24) is 19.7 Å².